The minimum atomic E-state index is -4.55. The second-order valence-electron chi connectivity index (χ2n) is 16.8. The number of alkyl halides is 6. The molecular formula is C50H38F8N6O8S2. The number of rotatable bonds is 10. The fraction of sp³-hybridized carbons (Fsp3) is 0.200. The molecule has 14 nitrogen and oxygen atoms in total. The Labute approximate surface area is 416 Å². The zero-order valence-electron chi connectivity index (χ0n) is 38.4. The van der Waals surface area contributed by atoms with Gasteiger partial charge in [-0.2, -0.15) is 35.1 Å². The molecule has 10 rings (SSSR count). The van der Waals surface area contributed by atoms with Crippen LogP contribution in [0.3, 0.4) is 0 Å². The molecule has 2 aliphatic heterocycles. The Balaban J connectivity index is 0.000000182. The van der Waals surface area contributed by atoms with E-state index in [1.165, 1.54) is 73.2 Å². The number of sulfonamides is 2. The number of fused-ring (bicyclic) bond motifs is 2. The molecule has 0 saturated heterocycles. The van der Waals surface area contributed by atoms with Crippen molar-refractivity contribution in [2.75, 3.05) is 22.7 Å². The number of aromatic nitrogens is 4. The van der Waals surface area contributed by atoms with E-state index < -0.39 is 67.3 Å². The van der Waals surface area contributed by atoms with Crippen LogP contribution in [0.15, 0.2) is 140 Å². The maximum Gasteiger partial charge on any atom is 0.416 e. The predicted octanol–water partition coefficient (Wildman–Crippen LogP) is 11.8. The first-order valence-corrected chi connectivity index (χ1v) is 25.1. The van der Waals surface area contributed by atoms with Crippen LogP contribution in [0.1, 0.15) is 69.8 Å². The fourth-order valence-electron chi connectivity index (χ4n) is 8.53. The van der Waals surface area contributed by atoms with E-state index in [0.29, 0.717) is 46.9 Å². The second-order valence-corrected chi connectivity index (χ2v) is 20.1. The average Bonchev–Trinajstić information content (AvgIpc) is 4.00. The van der Waals surface area contributed by atoms with Crippen LogP contribution < -0.4 is 18.9 Å². The third-order valence-electron chi connectivity index (χ3n) is 11.9. The highest BCUT2D eigenvalue weighted by atomic mass is 32.2. The van der Waals surface area contributed by atoms with E-state index in [1.54, 1.807) is 26.0 Å². The molecular weight excluding hydrogens is 1030 g/mol. The second kappa shape index (κ2) is 19.9. The van der Waals surface area contributed by atoms with Crippen LogP contribution in [0.4, 0.5) is 46.8 Å². The summed E-state index contributed by atoms with van der Waals surface area (Å²) in [6.07, 6.45) is -5.61. The standard InChI is InChI=1S/2C25H19F4N3O4S/c2*1-14-30-21(13-36-14)20-11-15(25(27,28)29)5-7-17(20)18-9-10-35-22-12-16(6-8-19(18)22)37(33,34)32-24-4-2-3-23(26)31-24/h2*2-8,11-13,18H,9-10H2,1H3,(H,31,32)/t2*18-/m10/s1. The summed E-state index contributed by atoms with van der Waals surface area (Å²) < 4.78 is 186. The van der Waals surface area contributed by atoms with E-state index in [2.05, 4.69) is 29.4 Å². The van der Waals surface area contributed by atoms with E-state index in [0.717, 1.165) is 36.4 Å². The van der Waals surface area contributed by atoms with Crippen molar-refractivity contribution in [2.24, 2.45) is 0 Å². The minimum Gasteiger partial charge on any atom is -0.493 e. The molecule has 24 heteroatoms. The summed E-state index contributed by atoms with van der Waals surface area (Å²) in [6.45, 7) is 3.60. The van der Waals surface area contributed by atoms with Gasteiger partial charge >= 0.3 is 12.4 Å². The third-order valence-corrected chi connectivity index (χ3v) is 14.6. The van der Waals surface area contributed by atoms with Gasteiger partial charge in [0.1, 0.15) is 47.0 Å². The van der Waals surface area contributed by atoms with Gasteiger partial charge in [-0.1, -0.05) is 36.4 Å². The number of pyridine rings is 2. The molecule has 2 N–H and O–H groups in total. The van der Waals surface area contributed by atoms with E-state index in [4.69, 9.17) is 18.3 Å². The number of nitrogens with one attached hydrogen (secondary N) is 2. The molecule has 8 aromatic rings. The van der Waals surface area contributed by atoms with E-state index >= 15 is 0 Å². The predicted molar refractivity (Wildman–Crippen MR) is 250 cm³/mol. The summed E-state index contributed by atoms with van der Waals surface area (Å²) in [6, 6.07) is 22.8. The molecule has 2 atom stereocenters. The molecule has 4 aromatic heterocycles. The van der Waals surface area contributed by atoms with Crippen molar-refractivity contribution >= 4 is 31.7 Å². The van der Waals surface area contributed by atoms with Gasteiger partial charge in [0.05, 0.1) is 34.1 Å². The van der Waals surface area contributed by atoms with Crippen LogP contribution in [0.25, 0.3) is 22.5 Å². The van der Waals surface area contributed by atoms with Crippen LogP contribution >= 0.6 is 0 Å². The maximum absolute atomic E-state index is 13.5. The summed E-state index contributed by atoms with van der Waals surface area (Å²) in [5, 5.41) is 0. The summed E-state index contributed by atoms with van der Waals surface area (Å²) in [4.78, 5) is 15.2. The number of anilines is 2. The molecule has 0 fully saturated rings. The van der Waals surface area contributed by atoms with Gasteiger partial charge in [-0.25, -0.2) is 36.8 Å². The lowest BCUT2D eigenvalue weighted by Gasteiger charge is -2.28. The van der Waals surface area contributed by atoms with Crippen molar-refractivity contribution in [2.45, 2.75) is 60.7 Å². The maximum atomic E-state index is 13.5. The average molecular weight is 1070 g/mol. The van der Waals surface area contributed by atoms with Crippen molar-refractivity contribution in [3.8, 4) is 34.0 Å². The summed E-state index contributed by atoms with van der Waals surface area (Å²) in [5.41, 5.74) is 1.77. The van der Waals surface area contributed by atoms with Crippen LogP contribution in [0.5, 0.6) is 11.5 Å². The molecule has 6 heterocycles. The van der Waals surface area contributed by atoms with Gasteiger partial charge in [0, 0.05) is 60.1 Å². The van der Waals surface area contributed by atoms with Gasteiger partial charge in [-0.3, -0.25) is 9.44 Å². The molecule has 0 amide bonds. The van der Waals surface area contributed by atoms with Gasteiger partial charge in [-0.05, 0) is 84.6 Å². The number of hydrogen-bond acceptors (Lipinski definition) is 12. The van der Waals surface area contributed by atoms with Crippen molar-refractivity contribution in [3.05, 3.63) is 179 Å². The first-order valence-electron chi connectivity index (χ1n) is 22.1. The van der Waals surface area contributed by atoms with Crippen LogP contribution in [-0.4, -0.2) is 50.0 Å². The van der Waals surface area contributed by atoms with Gasteiger partial charge in [0.2, 0.25) is 11.9 Å². The molecule has 0 bridgehead atoms. The van der Waals surface area contributed by atoms with E-state index in [9.17, 15) is 52.0 Å². The molecule has 0 unspecified atom stereocenters. The lowest BCUT2D eigenvalue weighted by Crippen LogP contribution is -2.19. The van der Waals surface area contributed by atoms with Gasteiger partial charge < -0.3 is 18.3 Å². The zero-order chi connectivity index (χ0) is 52.7. The van der Waals surface area contributed by atoms with Crippen molar-refractivity contribution < 1.29 is 70.3 Å². The largest absolute Gasteiger partial charge is 0.493 e. The van der Waals surface area contributed by atoms with Crippen LogP contribution in [0, 0.1) is 25.7 Å². The molecule has 74 heavy (non-hydrogen) atoms. The molecule has 384 valence electrons. The summed E-state index contributed by atoms with van der Waals surface area (Å²) in [5.74, 6) is -1.69. The van der Waals surface area contributed by atoms with E-state index in [-0.39, 0.29) is 68.7 Å². The number of benzene rings is 4. The van der Waals surface area contributed by atoms with Crippen molar-refractivity contribution in [1.29, 1.82) is 0 Å². The van der Waals surface area contributed by atoms with Gasteiger partial charge in [0.25, 0.3) is 20.0 Å². The summed E-state index contributed by atoms with van der Waals surface area (Å²) >= 11 is 0. The van der Waals surface area contributed by atoms with Crippen molar-refractivity contribution in [3.63, 3.8) is 0 Å². The normalized spacial score (nSPS) is 15.6. The molecule has 2 aliphatic rings. The number of oxazole rings is 2. The Morgan fingerprint density at radius 2 is 0.905 bits per heavy atom. The Morgan fingerprint density at radius 3 is 1.26 bits per heavy atom. The van der Waals surface area contributed by atoms with E-state index in [1.807, 2.05) is 0 Å². The Hall–Kier alpha value is -7.86. The number of nitrogens with zero attached hydrogens (tertiary/aromatic N) is 4. The highest BCUT2D eigenvalue weighted by Crippen LogP contribution is 2.46. The minimum absolute atomic E-state index is 0.141. The number of halogens is 8. The first kappa shape index (κ1) is 51.1. The van der Waals surface area contributed by atoms with Gasteiger partial charge in [-0.15, -0.1) is 0 Å². The topological polar surface area (TPSA) is 189 Å². The molecule has 4 aromatic carbocycles. The highest BCUT2D eigenvalue weighted by molar-refractivity contribution is 7.93. The Kier molecular flexibility index (Phi) is 13.7. The molecule has 0 saturated carbocycles. The fourth-order valence-corrected chi connectivity index (χ4v) is 10.6. The molecule has 0 spiro atoms. The first-order chi connectivity index (χ1) is 35.0. The SMILES string of the molecule is Cc1nc(-c2cc(C(F)(F)F)ccc2[C@@H]2CCOc3cc(S(=O)(=O)Nc4cccc(F)n4)ccc32)co1.Cc1nc(-c2cc(C(F)(F)F)ccc2[C@H]2CCOc3cc(S(=O)(=O)Nc4cccc(F)n4)ccc32)co1. The summed E-state index contributed by atoms with van der Waals surface area (Å²) in [7, 11) is -8.25. The molecule has 0 radical (unpaired) electrons. The smallest absolute Gasteiger partial charge is 0.416 e. The van der Waals surface area contributed by atoms with Crippen molar-refractivity contribution in [1.82, 2.24) is 19.9 Å². The number of ether oxygens (including phenoxy) is 2. The number of aryl methyl sites for hydroxylation is 2. The Morgan fingerprint density at radius 1 is 0.514 bits per heavy atom. The van der Waals surface area contributed by atoms with Crippen LogP contribution in [-0.2, 0) is 32.4 Å². The molecule has 0 aliphatic carbocycles. The third kappa shape index (κ3) is 11.0. The van der Waals surface area contributed by atoms with Crippen LogP contribution in [0.2, 0.25) is 0 Å². The highest BCUT2D eigenvalue weighted by Gasteiger charge is 2.36. The van der Waals surface area contributed by atoms with Gasteiger partial charge in [0.15, 0.2) is 11.8 Å². The lowest BCUT2D eigenvalue weighted by atomic mass is 9.83. The zero-order valence-corrected chi connectivity index (χ0v) is 40.1. The Bertz CT molecular complexity index is 3410. The quantitative estimate of drug-likeness (QED) is 0.0975. The monoisotopic (exact) mass is 1070 g/mol. The lowest BCUT2D eigenvalue weighted by molar-refractivity contribution is -0.138. The number of hydrogen-bond donors (Lipinski definition) is 2.